The lowest BCUT2D eigenvalue weighted by Crippen LogP contribution is -2.16. The Bertz CT molecular complexity index is 993. The Balaban J connectivity index is 2.20. The van der Waals surface area contributed by atoms with Gasteiger partial charge in [-0.25, -0.2) is 14.4 Å². The summed E-state index contributed by atoms with van der Waals surface area (Å²) in [5, 5.41) is 3.32. The number of aromatic nitrogens is 2. The standard InChI is InChI=1S/C27H36FN3OS/c1-9-18(3)17-32-25-12-23(11-24(13-25)21(6)33-19(4)10-2)20(5)29-14-22-15-30-26(31-16-22)27(7,8)28/h10-13,15-16,18,29H,5-6,9,14,17H2,1-4,7-8H3/b19-10-. The molecule has 0 aliphatic rings. The summed E-state index contributed by atoms with van der Waals surface area (Å²) in [6.45, 7) is 20.9. The number of halogens is 1. The van der Waals surface area contributed by atoms with E-state index in [0.29, 0.717) is 19.1 Å². The van der Waals surface area contributed by atoms with Gasteiger partial charge >= 0.3 is 0 Å². The van der Waals surface area contributed by atoms with Crippen LogP contribution in [0.5, 0.6) is 5.75 Å². The Labute approximate surface area is 202 Å². The van der Waals surface area contributed by atoms with Gasteiger partial charge in [-0.05, 0) is 62.3 Å². The van der Waals surface area contributed by atoms with E-state index in [1.54, 1.807) is 24.2 Å². The zero-order chi connectivity index (χ0) is 24.6. The van der Waals surface area contributed by atoms with Gasteiger partial charge in [0.25, 0.3) is 0 Å². The molecule has 33 heavy (non-hydrogen) atoms. The molecule has 1 unspecified atom stereocenters. The second-order valence-electron chi connectivity index (χ2n) is 8.71. The average molecular weight is 470 g/mol. The van der Waals surface area contributed by atoms with Gasteiger partial charge in [-0.3, -0.25) is 0 Å². The molecule has 2 aromatic rings. The van der Waals surface area contributed by atoms with Gasteiger partial charge in [-0.2, -0.15) is 0 Å². The fraction of sp³-hybridized carbons (Fsp3) is 0.407. The van der Waals surface area contributed by atoms with Crippen LogP contribution in [0.15, 0.2) is 54.7 Å². The van der Waals surface area contributed by atoms with Gasteiger partial charge in [0.15, 0.2) is 11.5 Å². The van der Waals surface area contributed by atoms with Crippen LogP contribution in [-0.2, 0) is 12.2 Å². The summed E-state index contributed by atoms with van der Waals surface area (Å²) in [5.41, 5.74) is 1.96. The molecule has 0 fully saturated rings. The maximum Gasteiger partial charge on any atom is 0.165 e. The average Bonchev–Trinajstić information content (AvgIpc) is 2.80. The molecule has 1 aromatic carbocycles. The molecule has 1 N–H and O–H groups in total. The van der Waals surface area contributed by atoms with E-state index in [2.05, 4.69) is 61.4 Å². The molecule has 1 aromatic heterocycles. The highest BCUT2D eigenvalue weighted by Gasteiger charge is 2.21. The number of alkyl halides is 1. The van der Waals surface area contributed by atoms with E-state index in [1.807, 2.05) is 19.1 Å². The fourth-order valence-electron chi connectivity index (χ4n) is 2.75. The molecule has 0 spiro atoms. The number of benzene rings is 1. The van der Waals surface area contributed by atoms with Crippen LogP contribution in [0.4, 0.5) is 4.39 Å². The van der Waals surface area contributed by atoms with Crippen LogP contribution in [0.3, 0.4) is 0 Å². The van der Waals surface area contributed by atoms with E-state index in [1.165, 1.54) is 18.8 Å². The first-order valence-corrected chi connectivity index (χ1v) is 12.1. The molecule has 2 rings (SSSR count). The maximum absolute atomic E-state index is 14.0. The van der Waals surface area contributed by atoms with Crippen molar-refractivity contribution in [3.8, 4) is 5.75 Å². The topological polar surface area (TPSA) is 47.0 Å². The fourth-order valence-corrected chi connectivity index (χ4v) is 3.49. The molecule has 0 saturated carbocycles. The number of allylic oxidation sites excluding steroid dienone is 2. The lowest BCUT2D eigenvalue weighted by molar-refractivity contribution is 0.206. The normalized spacial score (nSPS) is 12.9. The number of nitrogens with one attached hydrogen (secondary N) is 1. The Morgan fingerprint density at radius 1 is 1.21 bits per heavy atom. The predicted octanol–water partition coefficient (Wildman–Crippen LogP) is 7.49. The van der Waals surface area contributed by atoms with Gasteiger partial charge < -0.3 is 10.1 Å². The SMILES string of the molecule is C=C(NCc1cnc(C(C)(C)F)nc1)c1cc(OCC(C)CC)cc(C(=C)S/C(C)=C\C)c1. The summed E-state index contributed by atoms with van der Waals surface area (Å²) >= 11 is 1.64. The van der Waals surface area contributed by atoms with E-state index >= 15 is 0 Å². The van der Waals surface area contributed by atoms with Gasteiger partial charge in [-0.1, -0.05) is 51.3 Å². The van der Waals surface area contributed by atoms with Crippen LogP contribution in [0.1, 0.15) is 70.5 Å². The Morgan fingerprint density at radius 2 is 1.85 bits per heavy atom. The van der Waals surface area contributed by atoms with E-state index in [9.17, 15) is 4.39 Å². The van der Waals surface area contributed by atoms with Crippen molar-refractivity contribution < 1.29 is 9.13 Å². The highest BCUT2D eigenvalue weighted by molar-refractivity contribution is 8.11. The summed E-state index contributed by atoms with van der Waals surface area (Å²) in [7, 11) is 0. The molecule has 6 heteroatoms. The number of hydrogen-bond donors (Lipinski definition) is 1. The summed E-state index contributed by atoms with van der Waals surface area (Å²) in [5.74, 6) is 1.44. The first kappa shape index (κ1) is 26.7. The molecule has 1 atom stereocenters. The first-order chi connectivity index (χ1) is 15.5. The predicted molar refractivity (Wildman–Crippen MR) is 139 cm³/mol. The van der Waals surface area contributed by atoms with E-state index in [0.717, 1.165) is 39.5 Å². The van der Waals surface area contributed by atoms with Gasteiger partial charge in [0.2, 0.25) is 0 Å². The molecule has 1 heterocycles. The smallest absolute Gasteiger partial charge is 0.165 e. The second-order valence-corrected chi connectivity index (χ2v) is 10.1. The third kappa shape index (κ3) is 8.35. The van der Waals surface area contributed by atoms with Crippen molar-refractivity contribution in [1.29, 1.82) is 0 Å². The van der Waals surface area contributed by atoms with Crippen LogP contribution in [0, 0.1) is 5.92 Å². The maximum atomic E-state index is 14.0. The molecule has 0 radical (unpaired) electrons. The Hall–Kier alpha value is -2.60. The largest absolute Gasteiger partial charge is 0.493 e. The number of nitrogens with zero attached hydrogens (tertiary/aromatic N) is 2. The molecular formula is C27H36FN3OS. The molecule has 0 saturated heterocycles. The van der Waals surface area contributed by atoms with E-state index in [4.69, 9.17) is 4.74 Å². The summed E-state index contributed by atoms with van der Waals surface area (Å²) in [6.07, 6.45) is 6.40. The first-order valence-electron chi connectivity index (χ1n) is 11.2. The minimum absolute atomic E-state index is 0.174. The van der Waals surface area contributed by atoms with Crippen molar-refractivity contribution in [3.05, 3.63) is 77.2 Å². The van der Waals surface area contributed by atoms with Crippen LogP contribution < -0.4 is 10.1 Å². The van der Waals surface area contributed by atoms with Crippen LogP contribution in [0.25, 0.3) is 10.6 Å². The number of ether oxygens (including phenoxy) is 1. The monoisotopic (exact) mass is 469 g/mol. The lowest BCUT2D eigenvalue weighted by atomic mass is 10.1. The van der Waals surface area contributed by atoms with Crippen LogP contribution in [-0.4, -0.2) is 16.6 Å². The Morgan fingerprint density at radius 3 is 2.42 bits per heavy atom. The highest BCUT2D eigenvalue weighted by atomic mass is 32.2. The van der Waals surface area contributed by atoms with Gasteiger partial charge in [-0.15, -0.1) is 0 Å². The van der Waals surface area contributed by atoms with Crippen LogP contribution >= 0.6 is 11.8 Å². The quantitative estimate of drug-likeness (QED) is 0.349. The molecule has 0 aliphatic carbocycles. The second kappa shape index (κ2) is 12.0. The van der Waals surface area contributed by atoms with Gasteiger partial charge in [0, 0.05) is 40.7 Å². The summed E-state index contributed by atoms with van der Waals surface area (Å²) in [4.78, 5) is 10.4. The Kier molecular flexibility index (Phi) is 9.71. The number of rotatable bonds is 12. The number of hydrogen-bond acceptors (Lipinski definition) is 5. The zero-order valence-electron chi connectivity index (χ0n) is 20.7. The van der Waals surface area contributed by atoms with Crippen molar-refractivity contribution >= 4 is 22.4 Å². The van der Waals surface area contributed by atoms with Crippen molar-refractivity contribution in [2.24, 2.45) is 5.92 Å². The molecule has 0 aliphatic heterocycles. The van der Waals surface area contributed by atoms with E-state index in [-0.39, 0.29) is 5.82 Å². The van der Waals surface area contributed by atoms with Gasteiger partial charge in [0.1, 0.15) is 5.75 Å². The van der Waals surface area contributed by atoms with Gasteiger partial charge in [0.05, 0.1) is 6.61 Å². The minimum atomic E-state index is -1.56. The number of thioether (sulfide) groups is 1. The molecule has 0 bridgehead atoms. The summed E-state index contributed by atoms with van der Waals surface area (Å²) < 4.78 is 20.1. The van der Waals surface area contributed by atoms with Crippen LogP contribution in [0.2, 0.25) is 0 Å². The molecular weight excluding hydrogens is 433 g/mol. The summed E-state index contributed by atoms with van der Waals surface area (Å²) in [6, 6.07) is 6.09. The third-order valence-electron chi connectivity index (χ3n) is 5.24. The highest BCUT2D eigenvalue weighted by Crippen LogP contribution is 2.35. The van der Waals surface area contributed by atoms with Crippen molar-refractivity contribution in [2.45, 2.75) is 60.2 Å². The lowest BCUT2D eigenvalue weighted by Gasteiger charge is -2.17. The molecule has 4 nitrogen and oxygen atoms in total. The van der Waals surface area contributed by atoms with E-state index < -0.39 is 5.67 Å². The van der Waals surface area contributed by atoms with Crippen molar-refractivity contribution in [3.63, 3.8) is 0 Å². The zero-order valence-corrected chi connectivity index (χ0v) is 21.5. The third-order valence-corrected chi connectivity index (χ3v) is 6.28. The molecule has 178 valence electrons. The molecule has 0 amide bonds. The van der Waals surface area contributed by atoms with Crippen molar-refractivity contribution in [1.82, 2.24) is 15.3 Å². The minimum Gasteiger partial charge on any atom is -0.493 e. The van der Waals surface area contributed by atoms with Crippen molar-refractivity contribution in [2.75, 3.05) is 6.61 Å².